The number of hydrogen-bond donors (Lipinski definition) is 0. The molecule has 514 valence electrons. The van der Waals surface area contributed by atoms with Gasteiger partial charge in [0.05, 0.1) is 22.4 Å². The normalized spacial score (nSPS) is 23.4. The van der Waals surface area contributed by atoms with Crippen molar-refractivity contribution in [1.29, 1.82) is 0 Å². The van der Waals surface area contributed by atoms with Crippen LogP contribution < -0.4 is 9.80 Å². The van der Waals surface area contributed by atoms with Gasteiger partial charge in [0.15, 0.2) is 0 Å². The van der Waals surface area contributed by atoms with E-state index in [9.17, 15) is 0 Å². The minimum absolute atomic E-state index is 0.0405. The second-order valence-corrected chi connectivity index (χ2v) is 33.1. The lowest BCUT2D eigenvalue weighted by Crippen LogP contribution is -2.55. The Morgan fingerprint density at radius 1 is 0.224 bits per heavy atom. The first-order valence-corrected chi connectivity index (χ1v) is 39.8. The van der Waals surface area contributed by atoms with Crippen LogP contribution in [0.5, 0.6) is 0 Å². The lowest BCUT2D eigenvalue weighted by Gasteiger charge is -2.61. The molecule has 3 nitrogen and oxygen atoms in total. The van der Waals surface area contributed by atoms with Crippen molar-refractivity contribution < 1.29 is 0 Å². The maximum absolute atomic E-state index is 2.66. The molecule has 1 aromatic heterocycles. The van der Waals surface area contributed by atoms with Gasteiger partial charge in [-0.2, -0.15) is 0 Å². The molecule has 8 fully saturated rings. The maximum Gasteiger partial charge on any atom is 0.0541 e. The van der Waals surface area contributed by atoms with Crippen molar-refractivity contribution >= 4 is 55.9 Å². The SMILES string of the molecule is c1ccc(-c2ccc(N(c3ccc4c(c3)C3(c5ccccc5-4)[C@H]4CC5C[C@H](C4)C[C@H]3C5)c3ccccc3-c3ccccc3-c3cccc(-c4ccc(N(c5ccc(-c6ccccc6-n6c7ccccc7c7ccccc76)cc5)c5ccc6c(c5)C5(c7ccccc7-6)[C@H]6CC7C[C@@H](C6)C[C@@H]5C7)cc4)c3)cc2)cc1. The molecular formula is C104H83N3. The Balaban J connectivity index is 0.626. The van der Waals surface area contributed by atoms with E-state index in [-0.39, 0.29) is 10.8 Å². The first-order chi connectivity index (χ1) is 53.0. The zero-order valence-corrected chi connectivity index (χ0v) is 60.3. The Morgan fingerprint density at radius 3 is 1.15 bits per heavy atom. The summed E-state index contributed by atoms with van der Waals surface area (Å²) < 4.78 is 2.46. The summed E-state index contributed by atoms with van der Waals surface area (Å²) >= 11 is 0. The lowest BCUT2D eigenvalue weighted by atomic mass is 9.43. The van der Waals surface area contributed by atoms with Gasteiger partial charge in [-0.3, -0.25) is 0 Å². The summed E-state index contributed by atoms with van der Waals surface area (Å²) in [4.78, 5) is 5.13. The summed E-state index contributed by atoms with van der Waals surface area (Å²) in [6.45, 7) is 0. The third-order valence-electron chi connectivity index (χ3n) is 28.0. The number of nitrogens with zero attached hydrogens (tertiary/aromatic N) is 3. The topological polar surface area (TPSA) is 11.4 Å². The Morgan fingerprint density at radius 2 is 0.598 bits per heavy atom. The molecule has 10 aliphatic rings. The van der Waals surface area contributed by atoms with Crippen LogP contribution in [0.4, 0.5) is 34.1 Å². The molecule has 8 saturated carbocycles. The average molecular weight is 1370 g/mol. The second-order valence-electron chi connectivity index (χ2n) is 33.1. The Labute approximate surface area is 628 Å². The fourth-order valence-corrected chi connectivity index (χ4v) is 24.3. The summed E-state index contributed by atoms with van der Waals surface area (Å²) in [6, 6.07) is 128. The molecule has 0 unspecified atom stereocenters. The largest absolute Gasteiger partial charge is 0.310 e. The zero-order valence-electron chi connectivity index (χ0n) is 60.3. The molecule has 0 aliphatic heterocycles. The molecule has 8 bridgehead atoms. The number of para-hydroxylation sites is 4. The standard InChI is InChI=1S/C104H83N3/c1-2-19-70(20-3-1)71-37-45-82(46-38-71)106(84-50-52-91-89-27-7-13-32-96(89)104(98(91)65-84)78-59-68-54-69(61-78)62-79(104)60-68)100-34-15-9-28-92(100)87-25-5-4-23-85(87)75-22-18-21-74(63-75)72-39-43-80(44-40-72)105(83-49-51-90-88-26-6-12-31-95(88)103(97(90)64-83)76-55-66-53-67(57-76)58-77(103)56-66)81-47-41-73(42-48-81)86-24-8-14-33-99(86)107-101-35-16-10-29-93(101)94-30-11-17-36-102(94)107/h1-52,63-69,76-79H,53-62H2/t66-,67?,68-,69?,76-,77-,78-,79+,103?,104?/m1/s1. The molecule has 3 heteroatoms. The van der Waals surface area contributed by atoms with E-state index in [0.717, 1.165) is 40.7 Å². The highest BCUT2D eigenvalue weighted by molar-refractivity contribution is 6.10. The summed E-state index contributed by atoms with van der Waals surface area (Å²) in [6.07, 6.45) is 13.7. The van der Waals surface area contributed by atoms with Gasteiger partial charge in [0.2, 0.25) is 0 Å². The van der Waals surface area contributed by atoms with E-state index in [1.54, 1.807) is 22.3 Å². The molecule has 25 rings (SSSR count). The Hall–Kier alpha value is -11.5. The maximum atomic E-state index is 2.66. The van der Waals surface area contributed by atoms with E-state index in [1.165, 1.54) is 187 Å². The van der Waals surface area contributed by atoms with E-state index < -0.39 is 0 Å². The molecule has 0 radical (unpaired) electrons. The minimum atomic E-state index is 0.0405. The highest BCUT2D eigenvalue weighted by Gasteiger charge is 2.63. The van der Waals surface area contributed by atoms with Crippen molar-refractivity contribution in [2.24, 2.45) is 47.3 Å². The van der Waals surface area contributed by atoms with E-state index in [2.05, 4.69) is 348 Å². The Bertz CT molecular complexity index is 5940. The van der Waals surface area contributed by atoms with Crippen molar-refractivity contribution in [2.75, 3.05) is 9.80 Å². The predicted octanol–water partition coefficient (Wildman–Crippen LogP) is 27.5. The lowest BCUT2D eigenvalue weighted by molar-refractivity contribution is -0.0399. The quantitative estimate of drug-likeness (QED) is 0.121. The molecule has 10 aliphatic carbocycles. The van der Waals surface area contributed by atoms with Gasteiger partial charge in [0.1, 0.15) is 0 Å². The second kappa shape index (κ2) is 24.0. The van der Waals surface area contributed by atoms with Gasteiger partial charge in [0, 0.05) is 61.2 Å². The highest BCUT2D eigenvalue weighted by Crippen LogP contribution is 2.72. The van der Waals surface area contributed by atoms with Crippen LogP contribution in [0.2, 0.25) is 0 Å². The Kier molecular flexibility index (Phi) is 13.9. The molecule has 0 N–H and O–H groups in total. The fraction of sp³-hybridized carbons (Fsp3) is 0.192. The van der Waals surface area contributed by atoms with Crippen LogP contribution in [0.1, 0.15) is 86.5 Å². The summed E-state index contributed by atoms with van der Waals surface area (Å²) in [5.41, 5.74) is 34.8. The van der Waals surface area contributed by atoms with Gasteiger partial charge in [-0.15, -0.1) is 0 Å². The van der Waals surface area contributed by atoms with Crippen LogP contribution >= 0.6 is 0 Å². The van der Waals surface area contributed by atoms with E-state index in [0.29, 0.717) is 23.7 Å². The summed E-state index contributed by atoms with van der Waals surface area (Å²) in [7, 11) is 0. The minimum Gasteiger partial charge on any atom is -0.310 e. The van der Waals surface area contributed by atoms with Crippen LogP contribution in [-0.2, 0) is 10.8 Å². The van der Waals surface area contributed by atoms with Crippen molar-refractivity contribution in [3.8, 4) is 83.6 Å². The molecule has 0 atom stereocenters. The van der Waals surface area contributed by atoms with Gasteiger partial charge in [-0.1, -0.05) is 243 Å². The number of fused-ring (bicyclic) bond motifs is 9. The molecule has 0 saturated heterocycles. The van der Waals surface area contributed by atoms with Gasteiger partial charge >= 0.3 is 0 Å². The molecule has 15 aromatic rings. The number of anilines is 6. The van der Waals surface area contributed by atoms with Crippen molar-refractivity contribution in [3.63, 3.8) is 0 Å². The predicted molar refractivity (Wildman–Crippen MR) is 444 cm³/mol. The number of hydrogen-bond acceptors (Lipinski definition) is 2. The van der Waals surface area contributed by atoms with E-state index >= 15 is 0 Å². The van der Waals surface area contributed by atoms with Gasteiger partial charge < -0.3 is 14.4 Å². The third-order valence-corrected chi connectivity index (χ3v) is 28.0. The molecule has 2 spiro atoms. The van der Waals surface area contributed by atoms with Crippen LogP contribution in [0.15, 0.2) is 334 Å². The van der Waals surface area contributed by atoms with Gasteiger partial charge in [0.25, 0.3) is 0 Å². The third kappa shape index (κ3) is 9.26. The number of rotatable bonds is 12. The summed E-state index contributed by atoms with van der Waals surface area (Å²) in [5, 5.41) is 2.54. The first kappa shape index (κ1) is 61.8. The van der Waals surface area contributed by atoms with Crippen molar-refractivity contribution in [2.45, 2.75) is 75.0 Å². The number of benzene rings is 14. The monoisotopic (exact) mass is 1370 g/mol. The van der Waals surface area contributed by atoms with Gasteiger partial charge in [-0.05, 0) is 292 Å². The van der Waals surface area contributed by atoms with Crippen LogP contribution in [0.3, 0.4) is 0 Å². The molecule has 107 heavy (non-hydrogen) atoms. The van der Waals surface area contributed by atoms with Crippen LogP contribution in [-0.4, -0.2) is 4.57 Å². The van der Waals surface area contributed by atoms with Crippen LogP contribution in [0, 0.1) is 47.3 Å². The highest BCUT2D eigenvalue weighted by atomic mass is 15.2. The molecule has 0 amide bonds. The van der Waals surface area contributed by atoms with E-state index in [4.69, 9.17) is 0 Å². The average Bonchev–Trinajstić information content (AvgIpc) is 1.54. The van der Waals surface area contributed by atoms with Crippen LogP contribution in [0.25, 0.3) is 105 Å². The summed E-state index contributed by atoms with van der Waals surface area (Å²) in [5.74, 6) is 6.16. The smallest absolute Gasteiger partial charge is 0.0541 e. The van der Waals surface area contributed by atoms with Gasteiger partial charge in [-0.25, -0.2) is 0 Å². The van der Waals surface area contributed by atoms with Crippen molar-refractivity contribution in [1.82, 2.24) is 4.57 Å². The van der Waals surface area contributed by atoms with Crippen molar-refractivity contribution in [3.05, 3.63) is 356 Å². The zero-order chi connectivity index (χ0) is 70.1. The number of aromatic nitrogens is 1. The first-order valence-electron chi connectivity index (χ1n) is 39.8. The van der Waals surface area contributed by atoms with E-state index in [1.807, 2.05) is 0 Å². The fourth-order valence-electron chi connectivity index (χ4n) is 24.3. The molecule has 1 heterocycles. The molecular weight excluding hydrogens is 1290 g/mol. The molecule has 14 aromatic carbocycles.